The SMILES string of the molecule is CCC(C)C(=O)OC1C2CC3CC1CC(C2)C3C(=O)OC(C)c1ccc2c(c1)cc(Br)c1ccccc12. The average Bonchev–Trinajstić information content (AvgIpc) is 2.89. The van der Waals surface area contributed by atoms with Gasteiger partial charge in [0, 0.05) is 4.47 Å². The summed E-state index contributed by atoms with van der Waals surface area (Å²) in [7, 11) is 0. The van der Waals surface area contributed by atoms with E-state index in [0.29, 0.717) is 23.7 Å². The molecule has 194 valence electrons. The number of rotatable bonds is 6. The van der Waals surface area contributed by atoms with Crippen molar-refractivity contribution in [2.75, 3.05) is 0 Å². The molecule has 4 bridgehead atoms. The smallest absolute Gasteiger partial charge is 0.310 e. The molecule has 4 aliphatic rings. The van der Waals surface area contributed by atoms with E-state index >= 15 is 0 Å². The van der Waals surface area contributed by atoms with Crippen molar-refractivity contribution in [3.8, 4) is 0 Å². The molecule has 3 aromatic rings. The van der Waals surface area contributed by atoms with E-state index in [4.69, 9.17) is 9.47 Å². The maximum absolute atomic E-state index is 13.5. The number of ether oxygens (including phenoxy) is 2. The number of benzene rings is 3. The van der Waals surface area contributed by atoms with Gasteiger partial charge < -0.3 is 9.47 Å². The van der Waals surface area contributed by atoms with Crippen molar-refractivity contribution in [2.24, 2.45) is 35.5 Å². The van der Waals surface area contributed by atoms with Gasteiger partial charge in [-0.15, -0.1) is 0 Å². The Bertz CT molecular complexity index is 1330. The molecule has 0 spiro atoms. The van der Waals surface area contributed by atoms with Crippen LogP contribution in [0.2, 0.25) is 0 Å². The van der Waals surface area contributed by atoms with E-state index < -0.39 is 0 Å². The van der Waals surface area contributed by atoms with Crippen LogP contribution in [0, 0.1) is 35.5 Å². The van der Waals surface area contributed by atoms with Gasteiger partial charge in [-0.3, -0.25) is 9.59 Å². The van der Waals surface area contributed by atoms with Crippen LogP contribution in [0.5, 0.6) is 0 Å². The Morgan fingerprint density at radius 1 is 0.892 bits per heavy atom. The fraction of sp³-hybridized carbons (Fsp3) is 0.500. The van der Waals surface area contributed by atoms with Gasteiger partial charge in [0.2, 0.25) is 0 Å². The number of carbonyl (C=O) groups excluding carboxylic acids is 2. The van der Waals surface area contributed by atoms with E-state index in [1.165, 1.54) is 16.2 Å². The summed E-state index contributed by atoms with van der Waals surface area (Å²) in [4.78, 5) is 25.9. The van der Waals surface area contributed by atoms with Crippen molar-refractivity contribution in [3.05, 3.63) is 58.6 Å². The molecule has 0 aromatic heterocycles. The molecule has 0 N–H and O–H groups in total. The first-order valence-corrected chi connectivity index (χ1v) is 14.6. The van der Waals surface area contributed by atoms with Gasteiger partial charge >= 0.3 is 11.9 Å². The predicted molar refractivity (Wildman–Crippen MR) is 149 cm³/mol. The second-order valence-corrected chi connectivity index (χ2v) is 12.5. The first kappa shape index (κ1) is 24.9. The molecule has 4 aliphatic carbocycles. The van der Waals surface area contributed by atoms with E-state index in [0.717, 1.165) is 47.5 Å². The zero-order chi connectivity index (χ0) is 25.8. The Morgan fingerprint density at radius 2 is 1.54 bits per heavy atom. The number of halogens is 1. The number of fused-ring (bicyclic) bond motifs is 3. The van der Waals surface area contributed by atoms with Crippen molar-refractivity contribution >= 4 is 49.4 Å². The maximum atomic E-state index is 13.5. The number of hydrogen-bond acceptors (Lipinski definition) is 4. The van der Waals surface area contributed by atoms with Gasteiger partial charge in [0.25, 0.3) is 0 Å². The number of carbonyl (C=O) groups is 2. The van der Waals surface area contributed by atoms with Crippen LogP contribution in [0.15, 0.2) is 53.0 Å². The van der Waals surface area contributed by atoms with Crippen LogP contribution >= 0.6 is 15.9 Å². The molecule has 2 atom stereocenters. The van der Waals surface area contributed by atoms with E-state index in [2.05, 4.69) is 64.5 Å². The lowest BCUT2D eigenvalue weighted by atomic mass is 9.50. The van der Waals surface area contributed by atoms with E-state index in [1.54, 1.807) is 0 Å². The highest BCUT2D eigenvalue weighted by Gasteiger charge is 2.57. The lowest BCUT2D eigenvalue weighted by Gasteiger charge is -2.56. The lowest BCUT2D eigenvalue weighted by molar-refractivity contribution is -0.191. The largest absolute Gasteiger partial charge is 0.462 e. The summed E-state index contributed by atoms with van der Waals surface area (Å²) in [6.07, 6.45) is 4.42. The van der Waals surface area contributed by atoms with Crippen LogP contribution in [0.1, 0.15) is 64.5 Å². The highest BCUT2D eigenvalue weighted by Crippen LogP contribution is 2.58. The van der Waals surface area contributed by atoms with Gasteiger partial charge in [-0.25, -0.2) is 0 Å². The molecule has 4 fully saturated rings. The van der Waals surface area contributed by atoms with Gasteiger partial charge in [-0.2, -0.15) is 0 Å². The topological polar surface area (TPSA) is 52.6 Å². The first-order valence-electron chi connectivity index (χ1n) is 13.9. The van der Waals surface area contributed by atoms with E-state index in [-0.39, 0.29) is 36.0 Å². The minimum Gasteiger partial charge on any atom is -0.462 e. The molecule has 4 saturated carbocycles. The summed E-state index contributed by atoms with van der Waals surface area (Å²) in [6.45, 7) is 5.96. The van der Waals surface area contributed by atoms with E-state index in [1.807, 2.05) is 20.8 Å². The molecular weight excluding hydrogens is 528 g/mol. The normalized spacial score (nSPS) is 29.8. The quantitative estimate of drug-likeness (QED) is 0.225. The maximum Gasteiger partial charge on any atom is 0.310 e. The van der Waals surface area contributed by atoms with Crippen LogP contribution in [-0.2, 0) is 19.1 Å². The minimum atomic E-state index is -0.302. The van der Waals surface area contributed by atoms with Crippen molar-refractivity contribution in [2.45, 2.75) is 65.1 Å². The van der Waals surface area contributed by atoms with Crippen molar-refractivity contribution in [1.82, 2.24) is 0 Å². The van der Waals surface area contributed by atoms with E-state index in [9.17, 15) is 9.59 Å². The summed E-state index contributed by atoms with van der Waals surface area (Å²) in [5.41, 5.74) is 1.02. The Balaban J connectivity index is 1.15. The summed E-state index contributed by atoms with van der Waals surface area (Å²) >= 11 is 3.72. The molecule has 0 amide bonds. The molecule has 2 unspecified atom stereocenters. The fourth-order valence-corrected chi connectivity index (χ4v) is 8.08. The van der Waals surface area contributed by atoms with Crippen molar-refractivity contribution in [1.29, 1.82) is 0 Å². The second kappa shape index (κ2) is 9.72. The van der Waals surface area contributed by atoms with Gasteiger partial charge in [0.15, 0.2) is 0 Å². The molecule has 0 radical (unpaired) electrons. The molecule has 4 nitrogen and oxygen atoms in total. The zero-order valence-electron chi connectivity index (χ0n) is 21.8. The van der Waals surface area contributed by atoms with Gasteiger partial charge in [-0.05, 0) is 102 Å². The monoisotopic (exact) mass is 562 g/mol. The third-order valence-corrected chi connectivity index (χ3v) is 10.2. The molecular formula is C32H35BrO4. The standard InChI is InChI=1S/C32H35BrO4/c1-4-17(2)31(34)37-30-23-12-21-13-24(30)15-22(14-23)29(21)32(35)36-18(3)19-9-10-25-20(11-19)16-28(33)27-8-6-5-7-26(25)27/h5-11,16-18,21-24,29-30H,4,12-15H2,1-3H3. The zero-order valence-corrected chi connectivity index (χ0v) is 23.4. The molecule has 0 aliphatic heterocycles. The molecule has 5 heteroatoms. The average molecular weight is 564 g/mol. The lowest BCUT2D eigenvalue weighted by Crippen LogP contribution is -2.56. The fourth-order valence-electron chi connectivity index (χ4n) is 7.49. The van der Waals surface area contributed by atoms with Gasteiger partial charge in [0.05, 0.1) is 11.8 Å². The predicted octanol–water partition coefficient (Wildman–Crippen LogP) is 8.00. The van der Waals surface area contributed by atoms with Crippen LogP contribution < -0.4 is 0 Å². The van der Waals surface area contributed by atoms with Crippen LogP contribution in [0.4, 0.5) is 0 Å². The Morgan fingerprint density at radius 3 is 2.19 bits per heavy atom. The van der Waals surface area contributed by atoms with Gasteiger partial charge in [0.1, 0.15) is 12.2 Å². The number of hydrogen-bond donors (Lipinski definition) is 0. The van der Waals surface area contributed by atoms with Crippen molar-refractivity contribution in [3.63, 3.8) is 0 Å². The molecule has 0 heterocycles. The Labute approximate surface area is 227 Å². The van der Waals surface area contributed by atoms with Crippen LogP contribution in [0.3, 0.4) is 0 Å². The Kier molecular flexibility index (Phi) is 6.55. The Hall–Kier alpha value is -2.40. The third-order valence-electron chi connectivity index (χ3n) is 9.50. The summed E-state index contributed by atoms with van der Waals surface area (Å²) in [5, 5.41) is 4.75. The minimum absolute atomic E-state index is 0.0280. The third kappa shape index (κ3) is 4.37. The van der Waals surface area contributed by atoms with Crippen LogP contribution in [0.25, 0.3) is 21.5 Å². The molecule has 7 rings (SSSR count). The van der Waals surface area contributed by atoms with Gasteiger partial charge in [-0.1, -0.05) is 66.2 Å². The molecule has 37 heavy (non-hydrogen) atoms. The van der Waals surface area contributed by atoms with Crippen molar-refractivity contribution < 1.29 is 19.1 Å². The summed E-state index contributed by atoms with van der Waals surface area (Å²) in [5.74, 6) is 1.31. The summed E-state index contributed by atoms with van der Waals surface area (Å²) in [6, 6.07) is 16.9. The highest BCUT2D eigenvalue weighted by molar-refractivity contribution is 9.10. The summed E-state index contributed by atoms with van der Waals surface area (Å²) < 4.78 is 13.2. The highest BCUT2D eigenvalue weighted by atomic mass is 79.9. The first-order chi connectivity index (χ1) is 17.8. The number of esters is 2. The second-order valence-electron chi connectivity index (χ2n) is 11.7. The van der Waals surface area contributed by atoms with Crippen LogP contribution in [-0.4, -0.2) is 18.0 Å². The molecule has 3 aromatic carbocycles. The molecule has 0 saturated heterocycles.